The van der Waals surface area contributed by atoms with Crippen LogP contribution >= 0.6 is 0 Å². The highest BCUT2D eigenvalue weighted by Crippen LogP contribution is 2.20. The van der Waals surface area contributed by atoms with Crippen molar-refractivity contribution in [3.8, 4) is 5.75 Å². The lowest BCUT2D eigenvalue weighted by Gasteiger charge is -2.24. The predicted molar refractivity (Wildman–Crippen MR) is 73.7 cm³/mol. The van der Waals surface area contributed by atoms with Crippen molar-refractivity contribution in [3.63, 3.8) is 0 Å². The van der Waals surface area contributed by atoms with Crippen molar-refractivity contribution in [2.45, 2.75) is 26.3 Å². The number of ether oxygens (including phenoxy) is 1. The van der Waals surface area contributed by atoms with Crippen molar-refractivity contribution in [1.82, 2.24) is 0 Å². The lowest BCUT2D eigenvalue weighted by Crippen LogP contribution is -2.36. The van der Waals surface area contributed by atoms with Gasteiger partial charge in [-0.3, -0.25) is 0 Å². The number of rotatable bonds is 6. The average Bonchev–Trinajstić information content (AvgIpc) is 2.27. The van der Waals surface area contributed by atoms with E-state index in [1.807, 2.05) is 18.2 Å². The molecule has 1 rings (SSSR count). The molecule has 1 aromatic rings. The van der Waals surface area contributed by atoms with Crippen LogP contribution < -0.4 is 15.4 Å². The molecule has 96 valence electrons. The molecule has 2 N–H and O–H groups in total. The Morgan fingerprint density at radius 1 is 1.35 bits per heavy atom. The molecule has 0 aromatic heterocycles. The summed E-state index contributed by atoms with van der Waals surface area (Å²) in [4.78, 5) is 2.18. The molecule has 1 aromatic carbocycles. The van der Waals surface area contributed by atoms with Crippen molar-refractivity contribution in [3.05, 3.63) is 24.3 Å². The van der Waals surface area contributed by atoms with Crippen LogP contribution in [0.1, 0.15) is 20.3 Å². The van der Waals surface area contributed by atoms with E-state index in [1.165, 1.54) is 0 Å². The smallest absolute Gasteiger partial charge is 0.120 e. The minimum atomic E-state index is 0.214. The highest BCUT2D eigenvalue weighted by Gasteiger charge is 2.09. The highest BCUT2D eigenvalue weighted by atomic mass is 16.5. The summed E-state index contributed by atoms with van der Waals surface area (Å²) in [6.07, 6.45) is 1.05. The van der Waals surface area contributed by atoms with E-state index in [9.17, 15) is 0 Å². The molecular formula is C14H24N2O. The first kappa shape index (κ1) is 13.8. The third kappa shape index (κ3) is 4.65. The van der Waals surface area contributed by atoms with Gasteiger partial charge in [0.05, 0.1) is 7.11 Å². The second kappa shape index (κ2) is 6.50. The highest BCUT2D eigenvalue weighted by molar-refractivity contribution is 5.50. The number of benzene rings is 1. The van der Waals surface area contributed by atoms with Crippen LogP contribution in [0.15, 0.2) is 24.3 Å². The predicted octanol–water partition coefficient (Wildman–Crippen LogP) is 2.50. The number of hydrogen-bond acceptors (Lipinski definition) is 3. The summed E-state index contributed by atoms with van der Waals surface area (Å²) in [6.45, 7) is 5.27. The van der Waals surface area contributed by atoms with Crippen LogP contribution in [-0.4, -0.2) is 26.7 Å². The molecule has 0 aliphatic heterocycles. The van der Waals surface area contributed by atoms with E-state index in [0.717, 1.165) is 24.4 Å². The summed E-state index contributed by atoms with van der Waals surface area (Å²) in [7, 11) is 3.75. The Kier molecular flexibility index (Phi) is 5.29. The van der Waals surface area contributed by atoms with Gasteiger partial charge in [0.1, 0.15) is 5.75 Å². The van der Waals surface area contributed by atoms with Crippen LogP contribution in [0, 0.1) is 5.92 Å². The van der Waals surface area contributed by atoms with E-state index < -0.39 is 0 Å². The normalized spacial score (nSPS) is 12.6. The first-order chi connectivity index (χ1) is 8.02. The average molecular weight is 236 g/mol. The SMILES string of the molecule is COc1cccc(N(C)CC(N)CC(C)C)c1. The molecular weight excluding hydrogens is 212 g/mol. The second-order valence-electron chi connectivity index (χ2n) is 4.97. The largest absolute Gasteiger partial charge is 0.497 e. The molecule has 0 heterocycles. The maximum absolute atomic E-state index is 6.11. The molecule has 1 atom stereocenters. The van der Waals surface area contributed by atoms with Crippen LogP contribution in [0.3, 0.4) is 0 Å². The molecule has 0 aliphatic carbocycles. The molecule has 0 amide bonds. The van der Waals surface area contributed by atoms with Gasteiger partial charge in [0.2, 0.25) is 0 Å². The van der Waals surface area contributed by atoms with E-state index in [-0.39, 0.29) is 6.04 Å². The van der Waals surface area contributed by atoms with E-state index in [0.29, 0.717) is 5.92 Å². The van der Waals surface area contributed by atoms with Gasteiger partial charge in [0.15, 0.2) is 0 Å². The molecule has 0 aliphatic rings. The van der Waals surface area contributed by atoms with Gasteiger partial charge in [0, 0.05) is 31.4 Å². The van der Waals surface area contributed by atoms with Gasteiger partial charge >= 0.3 is 0 Å². The molecule has 17 heavy (non-hydrogen) atoms. The summed E-state index contributed by atoms with van der Waals surface area (Å²) in [5.41, 5.74) is 7.25. The van der Waals surface area contributed by atoms with Crippen LogP contribution in [0.4, 0.5) is 5.69 Å². The molecule has 0 saturated heterocycles. The minimum Gasteiger partial charge on any atom is -0.497 e. The van der Waals surface area contributed by atoms with Crippen LogP contribution in [0.25, 0.3) is 0 Å². The summed E-state index contributed by atoms with van der Waals surface area (Å²) in [6, 6.07) is 8.27. The molecule has 0 spiro atoms. The molecule has 0 radical (unpaired) electrons. The number of likely N-dealkylation sites (N-methyl/N-ethyl adjacent to an activating group) is 1. The minimum absolute atomic E-state index is 0.214. The van der Waals surface area contributed by atoms with E-state index in [4.69, 9.17) is 10.5 Å². The van der Waals surface area contributed by atoms with Gasteiger partial charge in [-0.2, -0.15) is 0 Å². The summed E-state index contributed by atoms with van der Waals surface area (Å²) in [5, 5.41) is 0. The quantitative estimate of drug-likeness (QED) is 0.824. The summed E-state index contributed by atoms with van der Waals surface area (Å²) in [5.74, 6) is 1.52. The third-order valence-corrected chi connectivity index (χ3v) is 2.78. The molecule has 1 unspecified atom stereocenters. The van der Waals surface area contributed by atoms with Gasteiger partial charge in [-0.05, 0) is 24.5 Å². The Morgan fingerprint density at radius 3 is 2.65 bits per heavy atom. The van der Waals surface area contributed by atoms with Crippen LogP contribution in [0.5, 0.6) is 5.75 Å². The molecule has 3 heteroatoms. The maximum Gasteiger partial charge on any atom is 0.120 e. The maximum atomic E-state index is 6.11. The summed E-state index contributed by atoms with van der Waals surface area (Å²) >= 11 is 0. The standard InChI is InChI=1S/C14H24N2O/c1-11(2)8-12(15)10-16(3)13-6-5-7-14(9-13)17-4/h5-7,9,11-12H,8,10,15H2,1-4H3. The summed E-state index contributed by atoms with van der Waals surface area (Å²) < 4.78 is 5.22. The van der Waals surface area contributed by atoms with Crippen molar-refractivity contribution >= 4 is 5.69 Å². The molecule has 0 saturated carbocycles. The number of nitrogens with zero attached hydrogens (tertiary/aromatic N) is 1. The number of methoxy groups -OCH3 is 1. The lowest BCUT2D eigenvalue weighted by molar-refractivity contribution is 0.414. The topological polar surface area (TPSA) is 38.5 Å². The Labute approximate surface area is 105 Å². The van der Waals surface area contributed by atoms with Crippen molar-refractivity contribution in [1.29, 1.82) is 0 Å². The molecule has 0 fully saturated rings. The van der Waals surface area contributed by atoms with Crippen LogP contribution in [-0.2, 0) is 0 Å². The van der Waals surface area contributed by atoms with Crippen molar-refractivity contribution in [2.24, 2.45) is 11.7 Å². The van der Waals surface area contributed by atoms with E-state index in [1.54, 1.807) is 7.11 Å². The zero-order valence-electron chi connectivity index (χ0n) is 11.3. The number of hydrogen-bond donors (Lipinski definition) is 1. The fraction of sp³-hybridized carbons (Fsp3) is 0.571. The van der Waals surface area contributed by atoms with Crippen molar-refractivity contribution in [2.75, 3.05) is 25.6 Å². The number of anilines is 1. The Morgan fingerprint density at radius 2 is 2.06 bits per heavy atom. The zero-order valence-corrected chi connectivity index (χ0v) is 11.3. The molecule has 3 nitrogen and oxygen atoms in total. The van der Waals surface area contributed by atoms with Gasteiger partial charge in [-0.25, -0.2) is 0 Å². The fourth-order valence-electron chi connectivity index (χ4n) is 1.99. The van der Waals surface area contributed by atoms with E-state index >= 15 is 0 Å². The first-order valence-corrected chi connectivity index (χ1v) is 6.13. The molecule has 0 bridgehead atoms. The monoisotopic (exact) mass is 236 g/mol. The van der Waals surface area contributed by atoms with E-state index in [2.05, 4.69) is 31.9 Å². The first-order valence-electron chi connectivity index (χ1n) is 6.13. The van der Waals surface area contributed by atoms with Gasteiger partial charge in [0.25, 0.3) is 0 Å². The Balaban J connectivity index is 2.59. The van der Waals surface area contributed by atoms with Gasteiger partial charge < -0.3 is 15.4 Å². The Bertz CT molecular complexity index is 339. The Hall–Kier alpha value is -1.22. The fourth-order valence-corrected chi connectivity index (χ4v) is 1.99. The van der Waals surface area contributed by atoms with Gasteiger partial charge in [-0.15, -0.1) is 0 Å². The third-order valence-electron chi connectivity index (χ3n) is 2.78. The zero-order chi connectivity index (χ0) is 12.8. The lowest BCUT2D eigenvalue weighted by atomic mass is 10.0. The van der Waals surface area contributed by atoms with Crippen LogP contribution in [0.2, 0.25) is 0 Å². The van der Waals surface area contributed by atoms with Crippen molar-refractivity contribution < 1.29 is 4.74 Å². The number of nitrogens with two attached hydrogens (primary N) is 1. The van der Waals surface area contributed by atoms with Gasteiger partial charge in [-0.1, -0.05) is 19.9 Å². The second-order valence-corrected chi connectivity index (χ2v) is 4.97.